The number of rotatable bonds is 3. The van der Waals surface area contributed by atoms with Gasteiger partial charge in [0.2, 0.25) is 0 Å². The monoisotopic (exact) mass is 409 g/mol. The summed E-state index contributed by atoms with van der Waals surface area (Å²) in [7, 11) is 0. The van der Waals surface area contributed by atoms with Crippen LogP contribution in [0, 0.1) is 6.92 Å². The highest BCUT2D eigenvalue weighted by atomic mass is 32.1. The minimum Gasteiger partial charge on any atom is -0.373 e. The number of piperazine rings is 1. The summed E-state index contributed by atoms with van der Waals surface area (Å²) in [6, 6.07) is 11.6. The zero-order chi connectivity index (χ0) is 20.0. The number of nitrogens with one attached hydrogen (secondary N) is 2. The van der Waals surface area contributed by atoms with Gasteiger partial charge in [-0.2, -0.15) is 0 Å². The number of benzene rings is 1. The third-order valence-corrected chi connectivity index (χ3v) is 7.38. The molecule has 3 aliphatic rings. The molecule has 4 heterocycles. The van der Waals surface area contributed by atoms with Gasteiger partial charge >= 0.3 is 0 Å². The van der Waals surface area contributed by atoms with E-state index in [1.807, 2.05) is 11.3 Å². The van der Waals surface area contributed by atoms with Crippen LogP contribution < -0.4 is 21.3 Å². The van der Waals surface area contributed by atoms with Gasteiger partial charge in [-0.1, -0.05) is 12.1 Å². The Morgan fingerprint density at radius 3 is 2.55 bits per heavy atom. The van der Waals surface area contributed by atoms with E-state index in [2.05, 4.69) is 70.7 Å². The molecule has 0 radical (unpaired) electrons. The van der Waals surface area contributed by atoms with Crippen molar-refractivity contribution in [1.82, 2.24) is 10.2 Å². The van der Waals surface area contributed by atoms with Crippen LogP contribution in [0.1, 0.15) is 34.7 Å². The van der Waals surface area contributed by atoms with Crippen molar-refractivity contribution in [3.05, 3.63) is 51.7 Å². The first-order valence-electron chi connectivity index (χ1n) is 10.7. The Kier molecular flexibility index (Phi) is 4.81. The predicted molar refractivity (Wildman–Crippen MR) is 124 cm³/mol. The van der Waals surface area contributed by atoms with E-state index in [-0.39, 0.29) is 11.6 Å². The molecule has 6 heteroatoms. The summed E-state index contributed by atoms with van der Waals surface area (Å²) in [4.78, 5) is 7.65. The van der Waals surface area contributed by atoms with E-state index in [1.54, 1.807) is 0 Å². The van der Waals surface area contributed by atoms with Gasteiger partial charge in [-0.05, 0) is 50.1 Å². The van der Waals surface area contributed by atoms with Gasteiger partial charge in [0.05, 0.1) is 22.3 Å². The lowest BCUT2D eigenvalue weighted by atomic mass is 10.0. The molecule has 2 fully saturated rings. The van der Waals surface area contributed by atoms with E-state index < -0.39 is 0 Å². The molecule has 2 unspecified atom stereocenters. The van der Waals surface area contributed by atoms with Gasteiger partial charge in [-0.3, -0.25) is 0 Å². The first-order valence-corrected chi connectivity index (χ1v) is 11.5. The lowest BCUT2D eigenvalue weighted by Crippen LogP contribution is -2.43. The lowest BCUT2D eigenvalue weighted by Gasteiger charge is -2.32. The molecule has 0 aliphatic carbocycles. The van der Waals surface area contributed by atoms with Crippen molar-refractivity contribution in [3.63, 3.8) is 0 Å². The van der Waals surface area contributed by atoms with Crippen LogP contribution in [0.15, 0.2) is 36.4 Å². The highest BCUT2D eigenvalue weighted by Gasteiger charge is 2.34. The number of hydrogen-bond donors (Lipinski definition) is 3. The molecule has 0 bridgehead atoms. The minimum absolute atomic E-state index is 0.0986. The van der Waals surface area contributed by atoms with Crippen molar-refractivity contribution in [3.8, 4) is 0 Å². The second kappa shape index (κ2) is 7.35. The fourth-order valence-corrected chi connectivity index (χ4v) is 5.72. The number of aryl methyl sites for hydroxylation is 1. The molecular weight excluding hydrogens is 378 g/mol. The number of anilines is 2. The summed E-state index contributed by atoms with van der Waals surface area (Å²) >= 11 is 1.88. The van der Waals surface area contributed by atoms with Crippen molar-refractivity contribution in [2.75, 3.05) is 49.5 Å². The molecule has 0 saturated carbocycles. The molecule has 2 saturated heterocycles. The molecule has 4 N–H and O–H groups in total. The molecule has 3 aliphatic heterocycles. The van der Waals surface area contributed by atoms with Crippen LogP contribution in [0.4, 0.5) is 11.4 Å². The summed E-state index contributed by atoms with van der Waals surface area (Å²) in [6.45, 7) is 10.6. The molecule has 5 rings (SSSR count). The van der Waals surface area contributed by atoms with E-state index in [0.717, 1.165) is 45.7 Å². The van der Waals surface area contributed by atoms with Gasteiger partial charge in [-0.15, -0.1) is 11.3 Å². The third kappa shape index (κ3) is 3.77. The zero-order valence-corrected chi connectivity index (χ0v) is 18.2. The maximum absolute atomic E-state index is 6.44. The molecule has 5 nitrogen and oxygen atoms in total. The van der Waals surface area contributed by atoms with Gasteiger partial charge in [0.1, 0.15) is 0 Å². The van der Waals surface area contributed by atoms with Crippen molar-refractivity contribution < 1.29 is 0 Å². The van der Waals surface area contributed by atoms with Gasteiger partial charge in [0, 0.05) is 55.4 Å². The molecule has 1 aromatic carbocycles. The van der Waals surface area contributed by atoms with E-state index >= 15 is 0 Å². The average molecular weight is 410 g/mol. The van der Waals surface area contributed by atoms with Gasteiger partial charge in [-0.25, -0.2) is 0 Å². The quantitative estimate of drug-likeness (QED) is 0.725. The number of nitrogens with zero attached hydrogens (tertiary/aromatic N) is 2. The van der Waals surface area contributed by atoms with E-state index in [1.165, 1.54) is 32.4 Å². The first-order chi connectivity index (χ1) is 14.0. The molecule has 2 atom stereocenters. The molecule has 29 heavy (non-hydrogen) atoms. The van der Waals surface area contributed by atoms with Gasteiger partial charge in [0.25, 0.3) is 0 Å². The SMILES string of the molecule is Cc1cc2c(s1)C(N1CCC(C)(N)C1)=CC(c1ccc(N3CCNCC3)cc1)N2. The van der Waals surface area contributed by atoms with Crippen LogP contribution in [0.3, 0.4) is 0 Å². The van der Waals surface area contributed by atoms with Crippen LogP contribution in [-0.2, 0) is 0 Å². The Morgan fingerprint density at radius 2 is 1.86 bits per heavy atom. The Labute approximate surface area is 177 Å². The minimum atomic E-state index is -0.0986. The second-order valence-electron chi connectivity index (χ2n) is 8.93. The van der Waals surface area contributed by atoms with E-state index in [0.29, 0.717) is 0 Å². The fraction of sp³-hybridized carbons (Fsp3) is 0.478. The van der Waals surface area contributed by atoms with Crippen LogP contribution in [0.5, 0.6) is 0 Å². The van der Waals surface area contributed by atoms with Crippen molar-refractivity contribution >= 4 is 28.4 Å². The number of thiophene rings is 1. The van der Waals surface area contributed by atoms with Crippen LogP contribution in [-0.4, -0.2) is 49.7 Å². The summed E-state index contributed by atoms with van der Waals surface area (Å²) in [6.07, 6.45) is 3.45. The van der Waals surface area contributed by atoms with Crippen molar-refractivity contribution in [2.45, 2.75) is 31.8 Å². The second-order valence-corrected chi connectivity index (χ2v) is 10.2. The zero-order valence-electron chi connectivity index (χ0n) is 17.4. The highest BCUT2D eigenvalue weighted by molar-refractivity contribution is 7.13. The number of hydrogen-bond acceptors (Lipinski definition) is 6. The summed E-state index contributed by atoms with van der Waals surface area (Å²) in [5.41, 5.74) is 11.6. The number of likely N-dealkylation sites (tertiary alicyclic amines) is 1. The molecule has 154 valence electrons. The topological polar surface area (TPSA) is 56.6 Å². The standard InChI is InChI=1S/C23H31N5S/c1-16-13-20-22(29-16)21(28-10-7-23(2,24)15-28)14-19(26-20)17-3-5-18(6-4-17)27-11-8-25-9-12-27/h3-6,13-14,19,25-26H,7-12,15,24H2,1-2H3. The van der Waals surface area contributed by atoms with Gasteiger partial charge < -0.3 is 26.2 Å². The third-order valence-electron chi connectivity index (χ3n) is 6.30. The normalized spacial score (nSPS) is 26.9. The Hall–Kier alpha value is -2.02. The first kappa shape index (κ1) is 19.0. The smallest absolute Gasteiger partial charge is 0.0736 e. The number of nitrogens with two attached hydrogens (primary N) is 1. The van der Waals surface area contributed by atoms with Crippen LogP contribution in [0.2, 0.25) is 0 Å². The highest BCUT2D eigenvalue weighted by Crippen LogP contribution is 2.43. The summed E-state index contributed by atoms with van der Waals surface area (Å²) < 4.78 is 0. The molecule has 0 amide bonds. The van der Waals surface area contributed by atoms with Crippen molar-refractivity contribution in [2.24, 2.45) is 5.73 Å². The van der Waals surface area contributed by atoms with E-state index in [9.17, 15) is 0 Å². The summed E-state index contributed by atoms with van der Waals surface area (Å²) in [5, 5.41) is 7.18. The molecule has 1 aromatic heterocycles. The Bertz CT molecular complexity index is 908. The van der Waals surface area contributed by atoms with Crippen LogP contribution in [0.25, 0.3) is 5.70 Å². The van der Waals surface area contributed by atoms with Crippen LogP contribution >= 0.6 is 11.3 Å². The largest absolute Gasteiger partial charge is 0.373 e. The fourth-order valence-electron chi connectivity index (χ4n) is 4.69. The lowest BCUT2D eigenvalue weighted by molar-refractivity contribution is 0.434. The Balaban J connectivity index is 1.43. The summed E-state index contributed by atoms with van der Waals surface area (Å²) in [5.74, 6) is 0. The number of fused-ring (bicyclic) bond motifs is 1. The van der Waals surface area contributed by atoms with E-state index in [4.69, 9.17) is 5.73 Å². The predicted octanol–water partition coefficient (Wildman–Crippen LogP) is 3.40. The maximum atomic E-state index is 6.44. The van der Waals surface area contributed by atoms with Gasteiger partial charge in [0.15, 0.2) is 0 Å². The maximum Gasteiger partial charge on any atom is 0.0736 e. The molecule has 2 aromatic rings. The average Bonchev–Trinajstić information content (AvgIpc) is 3.29. The van der Waals surface area contributed by atoms with Crippen molar-refractivity contribution in [1.29, 1.82) is 0 Å². The Morgan fingerprint density at radius 1 is 1.10 bits per heavy atom. The molecule has 0 spiro atoms. The molecular formula is C23H31N5S.